The number of anilines is 1. The zero-order chi connectivity index (χ0) is 32.5. The Bertz CT molecular complexity index is 1560. The van der Waals surface area contributed by atoms with Gasteiger partial charge in [-0.05, 0) is 104 Å². The minimum Gasteiger partial charge on any atom is -0.490 e. The zero-order valence-electron chi connectivity index (χ0n) is 27.2. The van der Waals surface area contributed by atoms with Crippen molar-refractivity contribution in [1.29, 1.82) is 0 Å². The third-order valence-corrected chi connectivity index (χ3v) is 12.8. The number of rotatable bonds is 5. The van der Waals surface area contributed by atoms with E-state index in [0.29, 0.717) is 55.8 Å². The van der Waals surface area contributed by atoms with E-state index in [2.05, 4.69) is 33.9 Å². The maximum atomic E-state index is 13.5. The van der Waals surface area contributed by atoms with Crippen LogP contribution in [0.5, 0.6) is 5.75 Å². The normalized spacial score (nSPS) is 31.4. The molecule has 2 aromatic carbocycles. The van der Waals surface area contributed by atoms with Gasteiger partial charge in [0, 0.05) is 36.2 Å². The number of hydrogen-bond donors (Lipinski definition) is 1. The van der Waals surface area contributed by atoms with Gasteiger partial charge in [-0.3, -0.25) is 4.79 Å². The van der Waals surface area contributed by atoms with Gasteiger partial charge < -0.3 is 19.1 Å². The van der Waals surface area contributed by atoms with Crippen molar-refractivity contribution in [2.24, 2.45) is 17.8 Å². The van der Waals surface area contributed by atoms with Crippen LogP contribution in [0.2, 0.25) is 5.02 Å². The molecule has 1 N–H and O–H groups in total. The fraction of sp³-hybridized carbons (Fsp3) is 0.583. The van der Waals surface area contributed by atoms with E-state index in [9.17, 15) is 13.2 Å². The molecule has 1 spiro atoms. The summed E-state index contributed by atoms with van der Waals surface area (Å²) < 4.78 is 47.7. The van der Waals surface area contributed by atoms with Crippen LogP contribution in [0.3, 0.4) is 0 Å². The second-order valence-electron chi connectivity index (χ2n) is 13.7. The van der Waals surface area contributed by atoms with E-state index in [1.54, 1.807) is 13.2 Å². The average molecular weight is 671 g/mol. The summed E-state index contributed by atoms with van der Waals surface area (Å²) in [6, 6.07) is 11.6. The number of ether oxygens (including phenoxy) is 3. The highest BCUT2D eigenvalue weighted by atomic mass is 35.5. The number of hydrogen-bond acceptors (Lipinski definition) is 7. The van der Waals surface area contributed by atoms with E-state index in [-0.39, 0.29) is 17.4 Å². The highest BCUT2D eigenvalue weighted by molar-refractivity contribution is 7.90. The van der Waals surface area contributed by atoms with E-state index in [0.717, 1.165) is 55.9 Å². The lowest BCUT2D eigenvalue weighted by molar-refractivity contribution is -0.0310. The molecule has 2 aliphatic heterocycles. The van der Waals surface area contributed by atoms with E-state index in [1.165, 1.54) is 11.1 Å². The first-order valence-corrected chi connectivity index (χ1v) is 18.7. The second kappa shape index (κ2) is 13.9. The number of amides is 1. The Kier molecular flexibility index (Phi) is 10.0. The molecule has 6 rings (SSSR count). The van der Waals surface area contributed by atoms with Gasteiger partial charge >= 0.3 is 0 Å². The summed E-state index contributed by atoms with van der Waals surface area (Å²) in [7, 11) is -2.23. The first-order chi connectivity index (χ1) is 22.1. The van der Waals surface area contributed by atoms with Crippen molar-refractivity contribution in [3.63, 3.8) is 0 Å². The number of methoxy groups -OCH3 is 1. The Balaban J connectivity index is 1.42. The molecule has 250 valence electrons. The number of nitrogens with one attached hydrogen (secondary N) is 1. The van der Waals surface area contributed by atoms with E-state index < -0.39 is 21.2 Å². The SMILES string of the molecule is CC[C@@H]1C[C@@H](C)/C=C/[C@H](OCCOC)[C@@H]2CC[C@H]2CN2C[C@@]3(CCCc4cc(Cl)ccc43)COc3ccc(cc32)C(=O)NS1(=O)=O. The molecule has 0 unspecified atom stereocenters. The van der Waals surface area contributed by atoms with E-state index in [1.807, 2.05) is 32.0 Å². The summed E-state index contributed by atoms with van der Waals surface area (Å²) in [6.45, 7) is 6.90. The molecule has 1 fully saturated rings. The van der Waals surface area contributed by atoms with Gasteiger partial charge in [-0.1, -0.05) is 43.7 Å². The quantitative estimate of drug-likeness (QED) is 0.295. The van der Waals surface area contributed by atoms with Gasteiger partial charge in [0.25, 0.3) is 5.91 Å². The number of benzene rings is 2. The summed E-state index contributed by atoms with van der Waals surface area (Å²) in [4.78, 5) is 15.9. The lowest BCUT2D eigenvalue weighted by Crippen LogP contribution is -2.49. The molecule has 2 aliphatic carbocycles. The monoisotopic (exact) mass is 670 g/mol. The molecule has 0 saturated heterocycles. The molecule has 2 heterocycles. The number of carbonyl (C=O) groups excluding carboxylic acids is 1. The van der Waals surface area contributed by atoms with E-state index >= 15 is 0 Å². The molecule has 2 aromatic rings. The molecule has 10 heteroatoms. The van der Waals surface area contributed by atoms with Crippen molar-refractivity contribution in [1.82, 2.24) is 4.72 Å². The van der Waals surface area contributed by atoms with Crippen molar-refractivity contribution < 1.29 is 27.4 Å². The van der Waals surface area contributed by atoms with Gasteiger partial charge in [0.05, 0.1) is 36.9 Å². The lowest BCUT2D eigenvalue weighted by atomic mass is 9.68. The van der Waals surface area contributed by atoms with Crippen LogP contribution in [0, 0.1) is 17.8 Å². The molecule has 8 nitrogen and oxygen atoms in total. The maximum absolute atomic E-state index is 13.5. The second-order valence-corrected chi connectivity index (χ2v) is 16.1. The molecule has 1 amide bonds. The minimum absolute atomic E-state index is 0.00930. The van der Waals surface area contributed by atoms with Crippen LogP contribution in [-0.4, -0.2) is 65.7 Å². The highest BCUT2D eigenvalue weighted by Crippen LogP contribution is 2.47. The summed E-state index contributed by atoms with van der Waals surface area (Å²) >= 11 is 6.44. The number of fused-ring (bicyclic) bond motifs is 4. The number of nitrogens with zero attached hydrogens (tertiary/aromatic N) is 1. The van der Waals surface area contributed by atoms with Crippen molar-refractivity contribution >= 4 is 33.2 Å². The van der Waals surface area contributed by atoms with Crippen molar-refractivity contribution in [3.05, 3.63) is 70.3 Å². The summed E-state index contributed by atoms with van der Waals surface area (Å²) in [5.74, 6) is 0.776. The first kappa shape index (κ1) is 33.3. The van der Waals surface area contributed by atoms with Crippen molar-refractivity contribution in [2.45, 2.75) is 75.6 Å². The van der Waals surface area contributed by atoms with Gasteiger partial charge in [-0.15, -0.1) is 0 Å². The molecular weight excluding hydrogens is 624 g/mol. The van der Waals surface area contributed by atoms with Gasteiger partial charge in [-0.2, -0.15) is 0 Å². The van der Waals surface area contributed by atoms with E-state index in [4.69, 9.17) is 25.8 Å². The Morgan fingerprint density at radius 2 is 1.98 bits per heavy atom. The Morgan fingerprint density at radius 1 is 1.13 bits per heavy atom. The van der Waals surface area contributed by atoms with Crippen molar-refractivity contribution in [3.8, 4) is 5.75 Å². The number of sulfonamides is 1. The zero-order valence-corrected chi connectivity index (χ0v) is 28.7. The molecular formula is C36H47ClN2O6S. The summed E-state index contributed by atoms with van der Waals surface area (Å²) in [5, 5.41) is 0.0439. The fourth-order valence-corrected chi connectivity index (χ4v) is 9.69. The molecule has 0 radical (unpaired) electrons. The third-order valence-electron chi connectivity index (χ3n) is 10.6. The Hall–Kier alpha value is -2.59. The van der Waals surface area contributed by atoms with Crippen LogP contribution < -0.4 is 14.4 Å². The molecule has 46 heavy (non-hydrogen) atoms. The highest BCUT2D eigenvalue weighted by Gasteiger charge is 2.44. The smallest absolute Gasteiger partial charge is 0.264 e. The average Bonchev–Trinajstić information content (AvgIpc) is 3.16. The molecule has 2 bridgehead atoms. The lowest BCUT2D eigenvalue weighted by Gasteiger charge is -2.46. The largest absolute Gasteiger partial charge is 0.490 e. The predicted molar refractivity (Wildman–Crippen MR) is 181 cm³/mol. The molecule has 6 atom stereocenters. The van der Waals surface area contributed by atoms with Crippen LogP contribution in [0.1, 0.15) is 73.9 Å². The maximum Gasteiger partial charge on any atom is 0.264 e. The van der Waals surface area contributed by atoms with Crippen LogP contribution in [0.25, 0.3) is 0 Å². The predicted octanol–water partition coefficient (Wildman–Crippen LogP) is 6.31. The number of aryl methyl sites for hydroxylation is 1. The van der Waals surface area contributed by atoms with Crippen molar-refractivity contribution in [2.75, 3.05) is 44.9 Å². The Morgan fingerprint density at radius 3 is 2.74 bits per heavy atom. The minimum atomic E-state index is -3.91. The fourth-order valence-electron chi connectivity index (χ4n) is 7.96. The van der Waals surface area contributed by atoms with Gasteiger partial charge in [0.15, 0.2) is 0 Å². The summed E-state index contributed by atoms with van der Waals surface area (Å²) in [6.07, 6.45) is 10.1. The third kappa shape index (κ3) is 6.84. The Labute approximate surface area is 278 Å². The van der Waals surface area contributed by atoms with Gasteiger partial charge in [-0.25, -0.2) is 13.1 Å². The molecule has 4 aliphatic rings. The summed E-state index contributed by atoms with van der Waals surface area (Å²) in [5.41, 5.74) is 3.44. The van der Waals surface area contributed by atoms with Crippen LogP contribution >= 0.6 is 11.6 Å². The van der Waals surface area contributed by atoms with Crippen LogP contribution in [0.15, 0.2) is 48.6 Å². The number of halogens is 1. The number of carbonyl (C=O) groups is 1. The topological polar surface area (TPSA) is 94.2 Å². The van der Waals surface area contributed by atoms with Gasteiger partial charge in [0.1, 0.15) is 5.75 Å². The molecule has 1 saturated carbocycles. The standard InChI is InChI=1S/C36H47ClN2O6S/c1-4-29-18-24(2)7-13-33(44-17-16-43-3)30-11-8-27(30)21-39-22-36(15-5-6-25-19-28(37)10-12-31(25)36)23-45-34-14-9-26(20-32(34)39)35(40)38-46(29,41)42/h7,9-10,12-14,19-20,24,27,29-30,33H,4-6,8,11,15-18,21-23H2,1-3H3,(H,38,40)/b13-7+/t24-,27-,29+,30+,33-,36-/m0/s1. The first-order valence-electron chi connectivity index (χ1n) is 16.8. The van der Waals surface area contributed by atoms with Gasteiger partial charge in [0.2, 0.25) is 10.0 Å². The molecule has 0 aromatic heterocycles. The number of allylic oxidation sites excluding steroid dienone is 1. The van der Waals surface area contributed by atoms with Crippen LogP contribution in [0.4, 0.5) is 5.69 Å². The van der Waals surface area contributed by atoms with Crippen LogP contribution in [-0.2, 0) is 31.3 Å².